The van der Waals surface area contributed by atoms with Gasteiger partial charge in [-0.1, -0.05) is 65.1 Å². The van der Waals surface area contributed by atoms with Gasteiger partial charge < -0.3 is 0 Å². The predicted octanol–water partition coefficient (Wildman–Crippen LogP) is 3.98. The van der Waals surface area contributed by atoms with E-state index in [1.54, 1.807) is 54.6 Å². The highest BCUT2D eigenvalue weighted by molar-refractivity contribution is 8.03. The van der Waals surface area contributed by atoms with Crippen molar-refractivity contribution in [2.75, 3.05) is 0 Å². The number of halogens is 3. The third-order valence-corrected chi connectivity index (χ3v) is 4.49. The lowest BCUT2D eigenvalue weighted by atomic mass is 10.2. The standard InChI is InChI=1S/C15H9Cl3N2O2S/c16-15(17,18)23-20-12-9-5-4-8-11(12)13(21)19(14(20)22)10-6-2-1-3-7-10/h1-9H. The van der Waals surface area contributed by atoms with E-state index in [0.717, 1.165) is 4.57 Å². The molecule has 8 heteroatoms. The number of benzene rings is 2. The van der Waals surface area contributed by atoms with Gasteiger partial charge in [0.05, 0.1) is 16.6 Å². The summed E-state index contributed by atoms with van der Waals surface area (Å²) in [6, 6.07) is 15.3. The van der Waals surface area contributed by atoms with Crippen molar-refractivity contribution in [2.24, 2.45) is 0 Å². The SMILES string of the molecule is O=c1c2ccccc2n(SC(Cl)(Cl)Cl)c(=O)n1-c1ccccc1. The number of nitrogens with zero attached hydrogens (tertiary/aromatic N) is 2. The molecule has 0 atom stereocenters. The molecule has 23 heavy (non-hydrogen) atoms. The van der Waals surface area contributed by atoms with Crippen LogP contribution in [0.5, 0.6) is 0 Å². The first-order valence-corrected chi connectivity index (χ1v) is 8.38. The van der Waals surface area contributed by atoms with Gasteiger partial charge in [0, 0.05) is 11.9 Å². The van der Waals surface area contributed by atoms with E-state index in [1.165, 1.54) is 3.97 Å². The minimum Gasteiger partial charge on any atom is -0.268 e. The number of para-hydroxylation sites is 2. The summed E-state index contributed by atoms with van der Waals surface area (Å²) in [5.41, 5.74) is -0.160. The molecule has 0 aliphatic carbocycles. The smallest absolute Gasteiger partial charge is 0.268 e. The van der Waals surface area contributed by atoms with Crippen molar-refractivity contribution < 1.29 is 0 Å². The Kier molecular flexibility index (Phi) is 4.47. The van der Waals surface area contributed by atoms with E-state index in [0.29, 0.717) is 28.5 Å². The van der Waals surface area contributed by atoms with Gasteiger partial charge >= 0.3 is 5.69 Å². The summed E-state index contributed by atoms with van der Waals surface area (Å²) in [6.45, 7) is 0. The maximum Gasteiger partial charge on any atom is 0.346 e. The molecule has 3 rings (SSSR count). The Morgan fingerprint density at radius 3 is 2.13 bits per heavy atom. The number of alkyl halides is 3. The molecule has 0 unspecified atom stereocenters. The summed E-state index contributed by atoms with van der Waals surface area (Å²) in [7, 11) is 0. The molecule has 0 aliphatic heterocycles. The van der Waals surface area contributed by atoms with Gasteiger partial charge in [-0.05, 0) is 24.3 Å². The first kappa shape index (κ1) is 16.5. The van der Waals surface area contributed by atoms with Crippen LogP contribution in [0.4, 0.5) is 0 Å². The van der Waals surface area contributed by atoms with E-state index < -0.39 is 14.4 Å². The topological polar surface area (TPSA) is 44.0 Å². The van der Waals surface area contributed by atoms with Crippen LogP contribution in [0.2, 0.25) is 0 Å². The van der Waals surface area contributed by atoms with Crippen molar-refractivity contribution in [3.8, 4) is 5.69 Å². The van der Waals surface area contributed by atoms with Crippen molar-refractivity contribution in [2.45, 2.75) is 3.12 Å². The molecular formula is C15H9Cl3N2O2S. The Hall–Kier alpha value is -1.40. The summed E-state index contributed by atoms with van der Waals surface area (Å²) in [5, 5.41) is 0.359. The average Bonchev–Trinajstić information content (AvgIpc) is 2.52. The third kappa shape index (κ3) is 3.28. The fraction of sp³-hybridized carbons (Fsp3) is 0.0667. The lowest BCUT2D eigenvalue weighted by Gasteiger charge is -2.16. The van der Waals surface area contributed by atoms with Crippen molar-refractivity contribution in [3.05, 3.63) is 75.4 Å². The first-order valence-electron chi connectivity index (χ1n) is 6.47. The zero-order valence-electron chi connectivity index (χ0n) is 11.4. The van der Waals surface area contributed by atoms with E-state index in [-0.39, 0.29) is 0 Å². The second-order valence-corrected chi connectivity index (χ2v) is 8.72. The van der Waals surface area contributed by atoms with Crippen LogP contribution in [0.3, 0.4) is 0 Å². The summed E-state index contributed by atoms with van der Waals surface area (Å²) >= 11 is 18.2. The minimum atomic E-state index is -1.74. The van der Waals surface area contributed by atoms with Crippen LogP contribution in [0.15, 0.2) is 64.2 Å². The molecule has 0 aliphatic rings. The quantitative estimate of drug-likeness (QED) is 0.625. The normalized spacial score (nSPS) is 11.8. The number of rotatable bonds is 2. The van der Waals surface area contributed by atoms with Crippen LogP contribution in [-0.4, -0.2) is 11.7 Å². The zero-order chi connectivity index (χ0) is 16.6. The summed E-state index contributed by atoms with van der Waals surface area (Å²) < 4.78 is 0.536. The molecule has 4 nitrogen and oxygen atoms in total. The van der Waals surface area contributed by atoms with Crippen molar-refractivity contribution in [1.82, 2.24) is 8.54 Å². The van der Waals surface area contributed by atoms with Gasteiger partial charge in [0.25, 0.3) is 8.68 Å². The second-order valence-electron chi connectivity index (χ2n) is 4.61. The fourth-order valence-corrected chi connectivity index (χ4v) is 3.47. The van der Waals surface area contributed by atoms with Crippen LogP contribution in [-0.2, 0) is 0 Å². The van der Waals surface area contributed by atoms with Crippen molar-refractivity contribution >= 4 is 57.7 Å². The van der Waals surface area contributed by atoms with E-state index in [1.807, 2.05) is 0 Å². The summed E-state index contributed by atoms with van der Waals surface area (Å²) in [6.07, 6.45) is 0. The average molecular weight is 388 g/mol. The molecule has 0 bridgehead atoms. The zero-order valence-corrected chi connectivity index (χ0v) is 14.5. The largest absolute Gasteiger partial charge is 0.346 e. The highest BCUT2D eigenvalue weighted by atomic mass is 35.6. The van der Waals surface area contributed by atoms with Gasteiger partial charge in [-0.25, -0.2) is 13.3 Å². The molecule has 1 aromatic heterocycles. The lowest BCUT2D eigenvalue weighted by Crippen LogP contribution is -2.37. The fourth-order valence-electron chi connectivity index (χ4n) is 2.23. The highest BCUT2D eigenvalue weighted by Gasteiger charge is 2.25. The van der Waals surface area contributed by atoms with Crippen LogP contribution >= 0.6 is 46.8 Å². The van der Waals surface area contributed by atoms with Crippen LogP contribution in [0, 0.1) is 0 Å². The molecule has 2 aromatic carbocycles. The van der Waals surface area contributed by atoms with Gasteiger partial charge in [-0.15, -0.1) is 0 Å². The molecule has 0 spiro atoms. The summed E-state index contributed by atoms with van der Waals surface area (Å²) in [5.74, 6) is 0. The molecule has 118 valence electrons. The van der Waals surface area contributed by atoms with Crippen LogP contribution < -0.4 is 11.2 Å². The molecule has 0 saturated heterocycles. The Labute approximate surface area is 150 Å². The van der Waals surface area contributed by atoms with Gasteiger partial charge in [0.2, 0.25) is 0 Å². The molecule has 0 saturated carbocycles. The maximum atomic E-state index is 12.8. The van der Waals surface area contributed by atoms with Gasteiger partial charge in [-0.3, -0.25) is 4.79 Å². The molecule has 0 fully saturated rings. The Morgan fingerprint density at radius 2 is 1.48 bits per heavy atom. The number of fused-ring (bicyclic) bond motifs is 1. The molecule has 0 N–H and O–H groups in total. The highest BCUT2D eigenvalue weighted by Crippen LogP contribution is 2.39. The second kappa shape index (κ2) is 6.24. The molecule has 0 radical (unpaired) electrons. The van der Waals surface area contributed by atoms with Gasteiger partial charge in [-0.2, -0.15) is 0 Å². The predicted molar refractivity (Wildman–Crippen MR) is 97.1 cm³/mol. The third-order valence-electron chi connectivity index (χ3n) is 3.13. The minimum absolute atomic E-state index is 0.359. The molecule has 3 aromatic rings. The number of aromatic nitrogens is 2. The van der Waals surface area contributed by atoms with Gasteiger partial charge in [0.15, 0.2) is 0 Å². The lowest BCUT2D eigenvalue weighted by molar-refractivity contribution is 0.880. The van der Waals surface area contributed by atoms with Crippen molar-refractivity contribution in [3.63, 3.8) is 0 Å². The van der Waals surface area contributed by atoms with E-state index in [2.05, 4.69) is 0 Å². The number of hydrogen-bond acceptors (Lipinski definition) is 3. The Bertz CT molecular complexity index is 978. The van der Waals surface area contributed by atoms with E-state index in [9.17, 15) is 9.59 Å². The van der Waals surface area contributed by atoms with Crippen LogP contribution in [0.25, 0.3) is 16.6 Å². The van der Waals surface area contributed by atoms with E-state index >= 15 is 0 Å². The maximum absolute atomic E-state index is 12.8. The first-order chi connectivity index (χ1) is 10.9. The van der Waals surface area contributed by atoms with Gasteiger partial charge in [0.1, 0.15) is 0 Å². The Balaban J connectivity index is 2.43. The molecule has 1 heterocycles. The van der Waals surface area contributed by atoms with Crippen molar-refractivity contribution in [1.29, 1.82) is 0 Å². The molecular weight excluding hydrogens is 379 g/mol. The van der Waals surface area contributed by atoms with Crippen LogP contribution in [0.1, 0.15) is 0 Å². The molecule has 0 amide bonds. The van der Waals surface area contributed by atoms with E-state index in [4.69, 9.17) is 34.8 Å². The monoisotopic (exact) mass is 386 g/mol. The summed E-state index contributed by atoms with van der Waals surface area (Å²) in [4.78, 5) is 25.5. The Morgan fingerprint density at radius 1 is 0.870 bits per heavy atom. The number of hydrogen-bond donors (Lipinski definition) is 0.